The number of amides is 1. The van der Waals surface area contributed by atoms with Gasteiger partial charge in [-0.25, -0.2) is 9.67 Å². The molecule has 1 aliphatic carbocycles. The largest absolute Gasteiger partial charge is 0.444 e. The van der Waals surface area contributed by atoms with Crippen molar-refractivity contribution in [3.05, 3.63) is 54.2 Å². The summed E-state index contributed by atoms with van der Waals surface area (Å²) >= 11 is 0. The highest BCUT2D eigenvalue weighted by atomic mass is 35.5. The molecule has 3 aromatic rings. The van der Waals surface area contributed by atoms with E-state index in [4.69, 9.17) is 4.42 Å². The van der Waals surface area contributed by atoms with Crippen LogP contribution in [0.15, 0.2) is 47.3 Å². The second-order valence-electron chi connectivity index (χ2n) is 7.68. The van der Waals surface area contributed by atoms with E-state index in [1.165, 1.54) is 24.7 Å². The van der Waals surface area contributed by atoms with Crippen molar-refractivity contribution in [1.82, 2.24) is 25.0 Å². The Hall–Kier alpha value is -2.64. The zero-order valence-corrected chi connectivity index (χ0v) is 17.1. The minimum Gasteiger partial charge on any atom is -0.444 e. The molecule has 2 aromatic heterocycles. The minimum atomic E-state index is -0.0913. The van der Waals surface area contributed by atoms with Gasteiger partial charge >= 0.3 is 0 Å². The predicted octanol–water partition coefficient (Wildman–Crippen LogP) is 3.26. The summed E-state index contributed by atoms with van der Waals surface area (Å²) in [6, 6.07) is 8.80. The maximum Gasteiger partial charge on any atom is 0.275 e. The van der Waals surface area contributed by atoms with Crippen molar-refractivity contribution < 1.29 is 9.21 Å². The smallest absolute Gasteiger partial charge is 0.275 e. The van der Waals surface area contributed by atoms with Crippen molar-refractivity contribution >= 4 is 18.3 Å². The molecule has 0 radical (unpaired) electrons. The van der Waals surface area contributed by atoms with E-state index in [1.54, 1.807) is 10.9 Å². The molecule has 2 aliphatic rings. The number of nitrogens with zero attached hydrogens (tertiary/aromatic N) is 4. The lowest BCUT2D eigenvalue weighted by Gasteiger charge is -2.31. The van der Waals surface area contributed by atoms with E-state index in [1.807, 2.05) is 11.1 Å². The Morgan fingerprint density at radius 3 is 2.76 bits per heavy atom. The van der Waals surface area contributed by atoms with Gasteiger partial charge in [-0.05, 0) is 43.4 Å². The first-order chi connectivity index (χ1) is 13.7. The fourth-order valence-corrected chi connectivity index (χ4v) is 3.67. The first kappa shape index (κ1) is 19.7. The standard InChI is InChI=1S/C21H23N5O2.ClH/c1-14-11-25(9-8-22-14)21(27)19-13-28-20(24-19)17-10-23-26(12-17)18-6-4-16(5-7-18)15-2-3-15;/h4-7,10,12-15,22H,2-3,8-9,11H2,1H3;1H/t14-;/m0./s1. The second-order valence-corrected chi connectivity index (χ2v) is 7.68. The Bertz CT molecular complexity index is 993. The van der Waals surface area contributed by atoms with Crippen LogP contribution in [0.2, 0.25) is 0 Å². The van der Waals surface area contributed by atoms with E-state index < -0.39 is 0 Å². The fourth-order valence-electron chi connectivity index (χ4n) is 3.67. The Kier molecular flexibility index (Phi) is 5.43. The van der Waals surface area contributed by atoms with Gasteiger partial charge in [0.1, 0.15) is 6.26 Å². The van der Waals surface area contributed by atoms with Crippen LogP contribution in [-0.2, 0) is 0 Å². The third-order valence-corrected chi connectivity index (χ3v) is 5.42. The summed E-state index contributed by atoms with van der Waals surface area (Å²) in [5.74, 6) is 1.06. The molecule has 1 amide bonds. The molecule has 0 bridgehead atoms. The minimum absolute atomic E-state index is 0. The lowest BCUT2D eigenvalue weighted by molar-refractivity contribution is 0.0703. The molecule has 0 unspecified atom stereocenters. The molecule has 152 valence electrons. The van der Waals surface area contributed by atoms with Gasteiger partial charge in [-0.3, -0.25) is 4.79 Å². The molecule has 1 saturated heterocycles. The Labute approximate surface area is 175 Å². The highest BCUT2D eigenvalue weighted by Gasteiger charge is 2.25. The highest BCUT2D eigenvalue weighted by molar-refractivity contribution is 5.92. The van der Waals surface area contributed by atoms with Gasteiger partial charge in [-0.15, -0.1) is 12.4 Å². The number of piperazine rings is 1. The van der Waals surface area contributed by atoms with Crippen molar-refractivity contribution in [3.63, 3.8) is 0 Å². The molecule has 29 heavy (non-hydrogen) atoms. The van der Waals surface area contributed by atoms with Crippen molar-refractivity contribution in [2.75, 3.05) is 19.6 Å². The SMILES string of the molecule is C[C@H]1CN(C(=O)c2coc(-c3cnn(-c4ccc(C5CC5)cc4)c3)n2)CCN1.Cl. The van der Waals surface area contributed by atoms with Crippen LogP contribution in [0.1, 0.15) is 41.7 Å². The summed E-state index contributed by atoms with van der Waals surface area (Å²) in [4.78, 5) is 18.9. The average molecular weight is 414 g/mol. The van der Waals surface area contributed by atoms with Gasteiger partial charge in [0.05, 0.1) is 17.4 Å². The summed E-state index contributed by atoms with van der Waals surface area (Å²) < 4.78 is 7.37. The summed E-state index contributed by atoms with van der Waals surface area (Å²) in [7, 11) is 0. The number of hydrogen-bond donors (Lipinski definition) is 1. The van der Waals surface area contributed by atoms with Crippen LogP contribution < -0.4 is 5.32 Å². The third-order valence-electron chi connectivity index (χ3n) is 5.42. The van der Waals surface area contributed by atoms with Gasteiger partial charge < -0.3 is 14.6 Å². The van der Waals surface area contributed by atoms with Crippen LogP contribution >= 0.6 is 12.4 Å². The summed E-state index contributed by atoms with van der Waals surface area (Å²) in [6.07, 6.45) is 7.61. The molecule has 1 aliphatic heterocycles. The monoisotopic (exact) mass is 413 g/mol. The zero-order chi connectivity index (χ0) is 19.1. The van der Waals surface area contributed by atoms with E-state index in [2.05, 4.69) is 46.6 Å². The molecular formula is C21H24ClN5O2. The fraction of sp³-hybridized carbons (Fsp3) is 0.381. The molecule has 3 heterocycles. The van der Waals surface area contributed by atoms with E-state index in [0.29, 0.717) is 24.7 Å². The maximum absolute atomic E-state index is 12.7. The van der Waals surface area contributed by atoms with Gasteiger partial charge in [0.25, 0.3) is 5.91 Å². The lowest BCUT2D eigenvalue weighted by Crippen LogP contribution is -2.51. The Balaban J connectivity index is 0.00000205. The molecule has 8 heteroatoms. The van der Waals surface area contributed by atoms with Crippen LogP contribution in [0, 0.1) is 0 Å². The molecule has 1 N–H and O–H groups in total. The van der Waals surface area contributed by atoms with Crippen molar-refractivity contribution in [2.45, 2.75) is 31.7 Å². The van der Waals surface area contributed by atoms with Crippen molar-refractivity contribution in [1.29, 1.82) is 0 Å². The Morgan fingerprint density at radius 2 is 2.03 bits per heavy atom. The number of oxazole rings is 1. The number of carbonyl (C=O) groups is 1. The number of nitrogens with one attached hydrogen (secondary N) is 1. The van der Waals surface area contributed by atoms with Crippen molar-refractivity contribution in [2.24, 2.45) is 0 Å². The number of hydrogen-bond acceptors (Lipinski definition) is 5. The van der Waals surface area contributed by atoms with E-state index in [0.717, 1.165) is 23.7 Å². The summed E-state index contributed by atoms with van der Waals surface area (Å²) in [6.45, 7) is 4.22. The normalized spacial score (nSPS) is 19.1. The van der Waals surface area contributed by atoms with Gasteiger partial charge in [-0.1, -0.05) is 12.1 Å². The second kappa shape index (κ2) is 8.00. The van der Waals surface area contributed by atoms with Gasteiger partial charge in [0.2, 0.25) is 5.89 Å². The van der Waals surface area contributed by atoms with Gasteiger partial charge in [-0.2, -0.15) is 5.10 Å². The van der Waals surface area contributed by atoms with Crippen LogP contribution in [0.5, 0.6) is 0 Å². The number of halogens is 1. The number of carbonyl (C=O) groups excluding carboxylic acids is 1. The first-order valence-electron chi connectivity index (χ1n) is 9.81. The van der Waals surface area contributed by atoms with Crippen molar-refractivity contribution in [3.8, 4) is 17.1 Å². The third kappa shape index (κ3) is 4.06. The topological polar surface area (TPSA) is 76.2 Å². The van der Waals surface area contributed by atoms with Crippen LogP contribution in [0.3, 0.4) is 0 Å². The zero-order valence-electron chi connectivity index (χ0n) is 16.2. The molecule has 5 rings (SSSR count). The first-order valence-corrected chi connectivity index (χ1v) is 9.81. The molecule has 1 saturated carbocycles. The van der Waals surface area contributed by atoms with E-state index >= 15 is 0 Å². The average Bonchev–Trinajstić information content (AvgIpc) is 3.25. The number of benzene rings is 1. The van der Waals surface area contributed by atoms with Gasteiger partial charge in [0, 0.05) is 31.9 Å². The van der Waals surface area contributed by atoms with Crippen LogP contribution in [0.25, 0.3) is 17.1 Å². The molecular weight excluding hydrogens is 390 g/mol. The van der Waals surface area contributed by atoms with Crippen LogP contribution in [-0.4, -0.2) is 51.2 Å². The quantitative estimate of drug-likeness (QED) is 0.710. The van der Waals surface area contributed by atoms with Crippen LogP contribution in [0.4, 0.5) is 0 Å². The lowest BCUT2D eigenvalue weighted by atomic mass is 10.1. The van der Waals surface area contributed by atoms with Gasteiger partial charge in [0.15, 0.2) is 5.69 Å². The Morgan fingerprint density at radius 1 is 1.24 bits per heavy atom. The van der Waals surface area contributed by atoms with E-state index in [-0.39, 0.29) is 24.4 Å². The maximum atomic E-state index is 12.7. The highest BCUT2D eigenvalue weighted by Crippen LogP contribution is 2.40. The predicted molar refractivity (Wildman–Crippen MR) is 112 cm³/mol. The van der Waals surface area contributed by atoms with E-state index in [9.17, 15) is 4.79 Å². The molecule has 2 fully saturated rings. The molecule has 1 atom stereocenters. The summed E-state index contributed by atoms with van der Waals surface area (Å²) in [5, 5.41) is 7.75. The molecule has 7 nitrogen and oxygen atoms in total. The number of rotatable bonds is 4. The number of aromatic nitrogens is 3. The summed E-state index contributed by atoms with van der Waals surface area (Å²) in [5.41, 5.74) is 3.48. The molecule has 1 aromatic carbocycles. The molecule has 0 spiro atoms.